The van der Waals surface area contributed by atoms with Crippen molar-refractivity contribution in [2.75, 3.05) is 50.8 Å². The minimum atomic E-state index is 0.0381. The molecule has 0 unspecified atom stereocenters. The summed E-state index contributed by atoms with van der Waals surface area (Å²) >= 11 is 0. The normalized spacial score (nSPS) is 10.9. The third-order valence-corrected chi connectivity index (χ3v) is 8.87. The molecule has 2 heterocycles. The van der Waals surface area contributed by atoms with Gasteiger partial charge < -0.3 is 16.4 Å². The maximum absolute atomic E-state index is 12.1. The zero-order valence-corrected chi connectivity index (χ0v) is 22.3. The van der Waals surface area contributed by atoms with Gasteiger partial charge in [0.1, 0.15) is 10.1 Å². The molecule has 0 saturated heterocycles. The second-order valence-corrected chi connectivity index (χ2v) is 11.8. The van der Waals surface area contributed by atoms with Crippen LogP contribution in [0, 0.1) is 0 Å². The average Bonchev–Trinajstić information content (AvgIpc) is 2.86. The number of carbonyl (C=O) groups excluding carboxylic acids is 2. The van der Waals surface area contributed by atoms with Crippen LogP contribution in [-0.4, -0.2) is 77.5 Å². The van der Waals surface area contributed by atoms with Crippen molar-refractivity contribution in [3.63, 3.8) is 0 Å². The summed E-state index contributed by atoms with van der Waals surface area (Å²) in [5, 5.41) is 7.81. The first kappa shape index (κ1) is 28.8. The molecule has 2 aromatic heterocycles. The van der Waals surface area contributed by atoms with Crippen LogP contribution in [0.4, 0.5) is 0 Å². The van der Waals surface area contributed by atoms with E-state index in [4.69, 9.17) is 5.73 Å². The number of aromatic nitrogens is 2. The molecule has 0 bridgehead atoms. The third-order valence-electron chi connectivity index (χ3n) is 4.33. The maximum Gasteiger partial charge on any atom is 0.220 e. The van der Waals surface area contributed by atoms with Crippen molar-refractivity contribution in [1.82, 2.24) is 25.5 Å². The Morgan fingerprint density at radius 1 is 0.794 bits per heavy atom. The van der Waals surface area contributed by atoms with E-state index in [0.717, 1.165) is 28.1 Å². The fraction of sp³-hybridized carbons (Fsp3) is 0.455. The lowest BCUT2D eigenvalue weighted by molar-refractivity contribution is -0.121. The molecule has 0 spiro atoms. The van der Waals surface area contributed by atoms with Crippen LogP contribution < -0.4 is 16.4 Å². The first-order valence-electron chi connectivity index (χ1n) is 11.0. The number of hydrogen-bond acceptors (Lipinski definition) is 10. The molecule has 2 rings (SSSR count). The average molecular weight is 541 g/mol. The van der Waals surface area contributed by atoms with Gasteiger partial charge in [-0.1, -0.05) is 33.7 Å². The van der Waals surface area contributed by atoms with Gasteiger partial charge in [0.05, 0.1) is 0 Å². The largest absolute Gasteiger partial charge is 0.355 e. The smallest absolute Gasteiger partial charge is 0.220 e. The lowest BCUT2D eigenvalue weighted by atomic mass is 10.4. The number of nitrogens with two attached hydrogens (primary N) is 1. The maximum atomic E-state index is 12.1. The zero-order valence-electron chi connectivity index (χ0n) is 19.1. The highest BCUT2D eigenvalue weighted by molar-refractivity contribution is 8.77. The minimum absolute atomic E-state index is 0.0381. The van der Waals surface area contributed by atoms with Crippen molar-refractivity contribution >= 4 is 55.0 Å². The van der Waals surface area contributed by atoms with Gasteiger partial charge in [0, 0.05) is 76.0 Å². The first-order chi connectivity index (χ1) is 16.7. The highest BCUT2D eigenvalue weighted by Crippen LogP contribution is 2.29. The quantitative estimate of drug-likeness (QED) is 0.193. The minimum Gasteiger partial charge on any atom is -0.355 e. The molecule has 0 radical (unpaired) electrons. The highest BCUT2D eigenvalue weighted by atomic mass is 33.1. The van der Waals surface area contributed by atoms with Gasteiger partial charge in [-0.15, -0.1) is 0 Å². The van der Waals surface area contributed by atoms with Crippen molar-refractivity contribution in [1.29, 1.82) is 0 Å². The number of nitrogens with one attached hydrogen (secondary N) is 2. The number of hydrogen-bond donors (Lipinski definition) is 3. The predicted octanol–water partition coefficient (Wildman–Crippen LogP) is 2.93. The molecule has 2 aromatic rings. The molecule has 8 nitrogen and oxygen atoms in total. The first-order valence-corrected chi connectivity index (χ1v) is 15.7. The lowest BCUT2D eigenvalue weighted by Gasteiger charge is -2.22. The molecule has 12 heteroatoms. The lowest BCUT2D eigenvalue weighted by Crippen LogP contribution is -2.41. The molecule has 0 aliphatic carbocycles. The number of carbonyl (C=O) groups is 2. The van der Waals surface area contributed by atoms with Crippen molar-refractivity contribution in [2.45, 2.75) is 22.9 Å². The van der Waals surface area contributed by atoms with E-state index in [0.29, 0.717) is 45.6 Å². The molecule has 34 heavy (non-hydrogen) atoms. The predicted molar refractivity (Wildman–Crippen MR) is 146 cm³/mol. The number of rotatable bonds is 18. The van der Waals surface area contributed by atoms with Gasteiger partial charge in [-0.25, -0.2) is 9.97 Å². The van der Waals surface area contributed by atoms with Crippen LogP contribution in [0.5, 0.6) is 0 Å². The van der Waals surface area contributed by atoms with Crippen LogP contribution in [0.15, 0.2) is 58.8 Å². The van der Waals surface area contributed by atoms with E-state index < -0.39 is 0 Å². The third kappa shape index (κ3) is 14.1. The Bertz CT molecular complexity index is 754. The van der Waals surface area contributed by atoms with E-state index in [9.17, 15) is 9.59 Å². The van der Waals surface area contributed by atoms with E-state index in [1.807, 2.05) is 36.4 Å². The molecule has 0 atom stereocenters. The molecule has 186 valence electrons. The van der Waals surface area contributed by atoms with E-state index in [-0.39, 0.29) is 11.8 Å². The van der Waals surface area contributed by atoms with Gasteiger partial charge >= 0.3 is 0 Å². The molecular weight excluding hydrogens is 509 g/mol. The van der Waals surface area contributed by atoms with Gasteiger partial charge in [-0.3, -0.25) is 14.5 Å². The summed E-state index contributed by atoms with van der Waals surface area (Å²) in [6.45, 7) is 3.78. The van der Waals surface area contributed by atoms with Crippen molar-refractivity contribution in [3.05, 3.63) is 48.8 Å². The van der Waals surface area contributed by atoms with E-state index in [2.05, 4.69) is 25.5 Å². The van der Waals surface area contributed by atoms with Crippen LogP contribution in [0.1, 0.15) is 12.8 Å². The fourth-order valence-electron chi connectivity index (χ4n) is 2.67. The van der Waals surface area contributed by atoms with Gasteiger partial charge in [-0.2, -0.15) is 0 Å². The van der Waals surface area contributed by atoms with Crippen LogP contribution in [0.3, 0.4) is 0 Å². The van der Waals surface area contributed by atoms with Gasteiger partial charge in [-0.05, 0) is 45.9 Å². The Morgan fingerprint density at radius 2 is 1.29 bits per heavy atom. The summed E-state index contributed by atoms with van der Waals surface area (Å²) in [6.07, 6.45) is 4.46. The Hall–Kier alpha value is -1.44. The van der Waals surface area contributed by atoms with Gasteiger partial charge in [0.25, 0.3) is 0 Å². The van der Waals surface area contributed by atoms with Crippen LogP contribution in [-0.2, 0) is 9.59 Å². The monoisotopic (exact) mass is 540 g/mol. The van der Waals surface area contributed by atoms with E-state index in [1.54, 1.807) is 55.6 Å². The van der Waals surface area contributed by atoms with Gasteiger partial charge in [0.15, 0.2) is 0 Å². The Morgan fingerprint density at radius 3 is 1.71 bits per heavy atom. The summed E-state index contributed by atoms with van der Waals surface area (Å²) in [7, 11) is 6.40. The second-order valence-electron chi connectivity index (χ2n) is 6.98. The van der Waals surface area contributed by atoms with Crippen molar-refractivity contribution in [2.24, 2.45) is 5.73 Å². The van der Waals surface area contributed by atoms with Crippen LogP contribution in [0.2, 0.25) is 0 Å². The summed E-state index contributed by atoms with van der Waals surface area (Å²) in [4.78, 5) is 34.7. The molecule has 0 aromatic carbocycles. The van der Waals surface area contributed by atoms with E-state index in [1.165, 1.54) is 0 Å². The molecule has 2 amide bonds. The zero-order chi connectivity index (χ0) is 24.3. The van der Waals surface area contributed by atoms with Crippen LogP contribution >= 0.6 is 43.2 Å². The van der Waals surface area contributed by atoms with Crippen molar-refractivity contribution < 1.29 is 9.59 Å². The Labute approximate surface area is 217 Å². The number of nitrogens with zero attached hydrogens (tertiary/aromatic N) is 3. The molecule has 0 saturated carbocycles. The summed E-state index contributed by atoms with van der Waals surface area (Å²) in [5.41, 5.74) is 5.71. The van der Waals surface area contributed by atoms with Crippen molar-refractivity contribution in [3.8, 4) is 0 Å². The molecule has 0 fully saturated rings. The molecule has 4 N–H and O–H groups in total. The SMILES string of the molecule is NCCN(CCNC(=O)CCSSc1ccccn1)CCNC(=O)CCSSc1ccccn1. The topological polar surface area (TPSA) is 113 Å². The highest BCUT2D eigenvalue weighted by Gasteiger charge is 2.08. The Balaban J connectivity index is 1.49. The van der Waals surface area contributed by atoms with E-state index >= 15 is 0 Å². The Kier molecular flexibility index (Phi) is 16.0. The fourth-order valence-corrected chi connectivity index (χ4v) is 6.40. The summed E-state index contributed by atoms with van der Waals surface area (Å²) in [6, 6.07) is 11.6. The number of pyridine rings is 2. The molecule has 0 aliphatic heterocycles. The second kappa shape index (κ2) is 18.8. The number of amides is 2. The molecular formula is C22H32N6O2S4. The summed E-state index contributed by atoms with van der Waals surface area (Å²) in [5.74, 6) is 1.53. The standard InChI is InChI=1S/C22H32N6O2S4/c23-9-14-28(15-12-24-19(29)7-17-31-33-21-5-1-3-10-26-21)16-13-25-20(30)8-18-32-34-22-6-2-4-11-27-22/h1-6,10-11H,7-9,12-18,23H2,(H,24,29)(H,25,30). The van der Waals surface area contributed by atoms with Crippen LogP contribution in [0.25, 0.3) is 0 Å². The van der Waals surface area contributed by atoms with Gasteiger partial charge in [0.2, 0.25) is 11.8 Å². The molecule has 0 aliphatic rings. The summed E-state index contributed by atoms with van der Waals surface area (Å²) < 4.78 is 0.